The predicted molar refractivity (Wildman–Crippen MR) is 140 cm³/mol. The highest BCUT2D eigenvalue weighted by atomic mass is 16.5. The lowest BCUT2D eigenvalue weighted by molar-refractivity contribution is 0.121. The molecule has 0 unspecified atom stereocenters. The third-order valence-electron chi connectivity index (χ3n) is 6.42. The monoisotopic (exact) mass is 484 g/mol. The fourth-order valence-corrected chi connectivity index (χ4v) is 4.57. The minimum absolute atomic E-state index is 0.470. The molecule has 1 fully saturated rings. The summed E-state index contributed by atoms with van der Waals surface area (Å²) in [7, 11) is 1.67. The molecule has 0 radical (unpaired) electrons. The second kappa shape index (κ2) is 9.96. The third-order valence-corrected chi connectivity index (χ3v) is 6.42. The van der Waals surface area contributed by atoms with Gasteiger partial charge in [0.2, 0.25) is 0 Å². The minimum Gasteiger partial charge on any atom is -0.489 e. The minimum atomic E-state index is 0.470. The van der Waals surface area contributed by atoms with E-state index in [2.05, 4.69) is 50.5 Å². The fourth-order valence-electron chi connectivity index (χ4n) is 4.57. The first-order valence-corrected chi connectivity index (χ1v) is 12.1. The molecule has 1 saturated heterocycles. The summed E-state index contributed by atoms with van der Waals surface area (Å²) in [5, 5.41) is 3.48. The number of methoxy groups -OCH3 is 1. The van der Waals surface area contributed by atoms with Crippen LogP contribution in [-0.4, -0.2) is 67.2 Å². The van der Waals surface area contributed by atoms with Crippen molar-refractivity contribution in [2.24, 2.45) is 4.99 Å². The molecule has 0 aliphatic carbocycles. The molecule has 1 N–H and O–H groups in total. The van der Waals surface area contributed by atoms with Crippen molar-refractivity contribution in [3.8, 4) is 17.0 Å². The van der Waals surface area contributed by atoms with Crippen LogP contribution in [0.2, 0.25) is 0 Å². The summed E-state index contributed by atoms with van der Waals surface area (Å²) in [6.45, 7) is 4.78. The largest absolute Gasteiger partial charge is 0.489 e. The van der Waals surface area contributed by atoms with E-state index in [1.807, 2.05) is 29.1 Å². The van der Waals surface area contributed by atoms with E-state index in [9.17, 15) is 0 Å². The summed E-state index contributed by atoms with van der Waals surface area (Å²) in [5.41, 5.74) is 6.96. The first kappa shape index (κ1) is 22.5. The maximum atomic E-state index is 6.12. The molecule has 9 heteroatoms. The number of aliphatic imine (C=N–C) groups is 1. The average Bonchev–Trinajstić information content (AvgIpc) is 3.59. The van der Waals surface area contributed by atoms with Gasteiger partial charge in [0.05, 0.1) is 37.7 Å². The summed E-state index contributed by atoms with van der Waals surface area (Å²) in [5.74, 6) is 1.48. The zero-order valence-corrected chi connectivity index (χ0v) is 20.2. The number of morpholine rings is 1. The second-order valence-electron chi connectivity index (χ2n) is 8.76. The number of nitrogens with zero attached hydrogens (tertiary/aromatic N) is 5. The normalized spacial score (nSPS) is 14.9. The Morgan fingerprint density at radius 2 is 2.00 bits per heavy atom. The number of anilines is 3. The van der Waals surface area contributed by atoms with Crippen molar-refractivity contribution >= 4 is 29.1 Å². The zero-order chi connectivity index (χ0) is 24.3. The zero-order valence-electron chi connectivity index (χ0n) is 20.2. The second-order valence-corrected chi connectivity index (χ2v) is 8.76. The number of benzene rings is 2. The van der Waals surface area contributed by atoms with Crippen molar-refractivity contribution in [2.45, 2.75) is 6.54 Å². The van der Waals surface area contributed by atoms with Crippen LogP contribution in [-0.2, 0) is 16.0 Å². The molecule has 6 rings (SSSR count). The Balaban J connectivity index is 1.33. The molecule has 4 heterocycles. The lowest BCUT2D eigenvalue weighted by Gasteiger charge is -2.30. The number of rotatable bonds is 8. The molecule has 0 amide bonds. The number of hydrogen-bond acceptors (Lipinski definition) is 8. The van der Waals surface area contributed by atoms with Gasteiger partial charge >= 0.3 is 0 Å². The lowest BCUT2D eigenvalue weighted by atomic mass is 10.0. The van der Waals surface area contributed by atoms with Crippen molar-refractivity contribution in [1.82, 2.24) is 14.4 Å². The quantitative estimate of drug-likeness (QED) is 0.379. The highest BCUT2D eigenvalue weighted by molar-refractivity contribution is 5.86. The van der Waals surface area contributed by atoms with Crippen molar-refractivity contribution in [3.05, 3.63) is 66.1 Å². The van der Waals surface area contributed by atoms with Crippen molar-refractivity contribution in [1.29, 1.82) is 0 Å². The predicted octanol–water partition coefficient (Wildman–Crippen LogP) is 3.93. The van der Waals surface area contributed by atoms with Gasteiger partial charge in [0.1, 0.15) is 12.4 Å². The number of aromatic nitrogens is 3. The molecule has 36 heavy (non-hydrogen) atoms. The van der Waals surface area contributed by atoms with Gasteiger partial charge < -0.3 is 28.8 Å². The van der Waals surface area contributed by atoms with Gasteiger partial charge in [0, 0.05) is 62.3 Å². The van der Waals surface area contributed by atoms with Gasteiger partial charge in [0.25, 0.3) is 0 Å². The fraction of sp³-hybridized carbons (Fsp3) is 0.296. The van der Waals surface area contributed by atoms with Crippen LogP contribution < -0.4 is 15.0 Å². The first-order chi connectivity index (χ1) is 17.8. The molecule has 2 aromatic heterocycles. The molecule has 0 spiro atoms. The molecule has 2 aliphatic heterocycles. The molecule has 4 aromatic rings. The van der Waals surface area contributed by atoms with Crippen LogP contribution in [0.15, 0.2) is 60.0 Å². The number of imidazole rings is 1. The highest BCUT2D eigenvalue weighted by Gasteiger charge is 2.18. The van der Waals surface area contributed by atoms with Crippen LogP contribution in [0.5, 0.6) is 5.75 Å². The van der Waals surface area contributed by atoms with E-state index in [0.29, 0.717) is 38.8 Å². The highest BCUT2D eigenvalue weighted by Crippen LogP contribution is 2.34. The maximum absolute atomic E-state index is 6.12. The van der Waals surface area contributed by atoms with Gasteiger partial charge in [-0.05, 0) is 29.3 Å². The topological polar surface area (TPSA) is 85.5 Å². The number of nitrogens with one attached hydrogen (secondary N) is 1. The Morgan fingerprint density at radius 3 is 2.89 bits per heavy atom. The van der Waals surface area contributed by atoms with Crippen LogP contribution >= 0.6 is 0 Å². The lowest BCUT2D eigenvalue weighted by Crippen LogP contribution is -2.36. The van der Waals surface area contributed by atoms with Gasteiger partial charge in [-0.25, -0.2) is 9.97 Å². The van der Waals surface area contributed by atoms with E-state index in [1.165, 1.54) is 11.1 Å². The first-order valence-electron chi connectivity index (χ1n) is 12.1. The Labute approximate surface area is 209 Å². The van der Waals surface area contributed by atoms with Crippen molar-refractivity contribution in [2.75, 3.05) is 56.8 Å². The number of hydrogen-bond donors (Lipinski definition) is 1. The van der Waals surface area contributed by atoms with Gasteiger partial charge in [-0.15, -0.1) is 0 Å². The van der Waals surface area contributed by atoms with E-state index in [4.69, 9.17) is 19.2 Å². The van der Waals surface area contributed by atoms with Gasteiger partial charge in [-0.3, -0.25) is 4.99 Å². The standard InChI is InChI=1S/C27H28N6O3/c1-34-12-13-36-25-15-22(4-5-24(25)32-8-10-35-11-9-32)30-26-27-29-6-7-33(27)18-23(31-26)19-2-3-20-16-28-17-21(20)14-19/h2-7,14-16,18H,8-13,17H2,1H3,(H,30,31). The van der Waals surface area contributed by atoms with Crippen LogP contribution in [0, 0.1) is 0 Å². The summed E-state index contributed by atoms with van der Waals surface area (Å²) < 4.78 is 18.8. The smallest absolute Gasteiger partial charge is 0.180 e. The molecular formula is C27H28N6O3. The Kier molecular flexibility index (Phi) is 6.23. The molecule has 2 aliphatic rings. The number of fused-ring (bicyclic) bond motifs is 2. The third kappa shape index (κ3) is 4.50. The molecule has 0 atom stereocenters. The van der Waals surface area contributed by atoms with Crippen LogP contribution in [0.1, 0.15) is 11.1 Å². The van der Waals surface area contributed by atoms with Gasteiger partial charge in [-0.2, -0.15) is 0 Å². The molecule has 0 bridgehead atoms. The average molecular weight is 485 g/mol. The van der Waals surface area contributed by atoms with Crippen molar-refractivity contribution in [3.63, 3.8) is 0 Å². The summed E-state index contributed by atoms with van der Waals surface area (Å²) in [4.78, 5) is 16.2. The summed E-state index contributed by atoms with van der Waals surface area (Å²) in [6.07, 6.45) is 7.64. The molecule has 9 nitrogen and oxygen atoms in total. The van der Waals surface area contributed by atoms with Crippen LogP contribution in [0.25, 0.3) is 16.9 Å². The Hall–Kier alpha value is -3.95. The van der Waals surface area contributed by atoms with Gasteiger partial charge in [0.15, 0.2) is 11.5 Å². The van der Waals surface area contributed by atoms with E-state index >= 15 is 0 Å². The molecule has 0 saturated carbocycles. The van der Waals surface area contributed by atoms with E-state index in [-0.39, 0.29) is 0 Å². The maximum Gasteiger partial charge on any atom is 0.180 e. The molecule has 184 valence electrons. The van der Waals surface area contributed by atoms with E-state index < -0.39 is 0 Å². The SMILES string of the molecule is COCCOc1cc(Nc2nc(-c3ccc4c(c3)CN=C4)cn3ccnc23)ccc1N1CCOCC1. The van der Waals surface area contributed by atoms with Crippen LogP contribution in [0.3, 0.4) is 0 Å². The molecule has 2 aromatic carbocycles. The van der Waals surface area contributed by atoms with E-state index in [1.54, 1.807) is 13.3 Å². The summed E-state index contributed by atoms with van der Waals surface area (Å²) >= 11 is 0. The van der Waals surface area contributed by atoms with Crippen molar-refractivity contribution < 1.29 is 14.2 Å². The van der Waals surface area contributed by atoms with E-state index in [0.717, 1.165) is 47.1 Å². The van der Waals surface area contributed by atoms with Crippen LogP contribution in [0.4, 0.5) is 17.2 Å². The summed E-state index contributed by atoms with van der Waals surface area (Å²) in [6, 6.07) is 12.5. The molecular weight excluding hydrogens is 456 g/mol. The number of ether oxygens (including phenoxy) is 3. The Bertz CT molecular complexity index is 1410. The van der Waals surface area contributed by atoms with Gasteiger partial charge in [-0.1, -0.05) is 12.1 Å². The Morgan fingerprint density at radius 1 is 1.08 bits per heavy atom.